The second-order valence-corrected chi connectivity index (χ2v) is 10.9. The van der Waals surface area contributed by atoms with Gasteiger partial charge in [-0.2, -0.15) is 0 Å². The van der Waals surface area contributed by atoms with Crippen LogP contribution >= 0.6 is 0 Å². The molecule has 13 heteroatoms. The molecule has 1 aliphatic rings. The molecule has 9 nitrogen and oxygen atoms in total. The molecule has 0 aliphatic carbocycles. The SMILES string of the molecule is COC1OC(CS(=O)(=S)OO)[C@@H](C)[C@H](OC)C1S(=O)(=S)OO. The molecular formula is C9H18O9S4. The molecule has 0 amide bonds. The summed E-state index contributed by atoms with van der Waals surface area (Å²) >= 11 is 9.36. The van der Waals surface area contributed by atoms with E-state index >= 15 is 0 Å². The fourth-order valence-electron chi connectivity index (χ4n) is 2.35. The Morgan fingerprint density at radius 1 is 1.14 bits per heavy atom. The molecule has 0 bridgehead atoms. The molecule has 1 heterocycles. The van der Waals surface area contributed by atoms with Crippen LogP contribution in [0.15, 0.2) is 0 Å². The molecule has 1 fully saturated rings. The predicted molar refractivity (Wildman–Crippen MR) is 82.7 cm³/mol. The third kappa shape index (κ3) is 4.51. The Labute approximate surface area is 138 Å². The van der Waals surface area contributed by atoms with Crippen LogP contribution in [-0.2, 0) is 62.8 Å². The zero-order valence-electron chi connectivity index (χ0n) is 12.0. The van der Waals surface area contributed by atoms with E-state index in [1.807, 2.05) is 0 Å². The third-order valence-corrected chi connectivity index (χ3v) is 7.20. The highest BCUT2D eigenvalue weighted by atomic mass is 32.8. The summed E-state index contributed by atoms with van der Waals surface area (Å²) in [6.07, 6.45) is -2.75. The molecule has 0 saturated carbocycles. The van der Waals surface area contributed by atoms with Crippen LogP contribution in [0.3, 0.4) is 0 Å². The van der Waals surface area contributed by atoms with Crippen molar-refractivity contribution in [3.63, 3.8) is 0 Å². The van der Waals surface area contributed by atoms with Crippen LogP contribution in [0.2, 0.25) is 0 Å². The smallest absolute Gasteiger partial charge is 0.184 e. The normalized spacial score (nSPS) is 38.1. The van der Waals surface area contributed by atoms with E-state index in [1.165, 1.54) is 14.2 Å². The van der Waals surface area contributed by atoms with Crippen LogP contribution in [0.5, 0.6) is 0 Å². The second kappa shape index (κ2) is 8.02. The Morgan fingerprint density at radius 3 is 2.14 bits per heavy atom. The van der Waals surface area contributed by atoms with Gasteiger partial charge in [0.25, 0.3) is 0 Å². The molecule has 1 saturated heterocycles. The van der Waals surface area contributed by atoms with Crippen LogP contribution < -0.4 is 0 Å². The lowest BCUT2D eigenvalue weighted by Gasteiger charge is -2.44. The summed E-state index contributed by atoms with van der Waals surface area (Å²) in [6, 6.07) is 0. The van der Waals surface area contributed by atoms with E-state index in [1.54, 1.807) is 6.92 Å². The van der Waals surface area contributed by atoms with Gasteiger partial charge in [0.2, 0.25) is 0 Å². The zero-order valence-corrected chi connectivity index (χ0v) is 15.2. The summed E-state index contributed by atoms with van der Waals surface area (Å²) in [4.78, 5) is 0. The van der Waals surface area contributed by atoms with E-state index in [2.05, 4.69) is 19.9 Å². The summed E-state index contributed by atoms with van der Waals surface area (Å²) in [5, 5.41) is 16.2. The van der Waals surface area contributed by atoms with Crippen molar-refractivity contribution in [2.75, 3.05) is 20.0 Å². The Kier molecular flexibility index (Phi) is 7.48. The Hall–Kier alpha value is 0.460. The first-order valence-corrected chi connectivity index (χ1v) is 11.0. The molecule has 1 rings (SSSR count). The monoisotopic (exact) mass is 398 g/mol. The lowest BCUT2D eigenvalue weighted by Crippen LogP contribution is -2.59. The second-order valence-electron chi connectivity index (χ2n) is 4.67. The average Bonchev–Trinajstić information content (AvgIpc) is 2.48. The topological polar surface area (TPSA) is 121 Å². The lowest BCUT2D eigenvalue weighted by atomic mass is 9.93. The average molecular weight is 399 g/mol. The van der Waals surface area contributed by atoms with Crippen LogP contribution in [0.1, 0.15) is 6.92 Å². The summed E-state index contributed by atoms with van der Waals surface area (Å²) in [5.74, 6) is -0.815. The summed E-state index contributed by atoms with van der Waals surface area (Å²) in [6.45, 7) is 1.65. The lowest BCUT2D eigenvalue weighted by molar-refractivity contribution is -0.223. The quantitative estimate of drug-likeness (QED) is 0.433. The van der Waals surface area contributed by atoms with Gasteiger partial charge in [-0.05, 0) is 0 Å². The van der Waals surface area contributed by atoms with Gasteiger partial charge < -0.3 is 14.2 Å². The van der Waals surface area contributed by atoms with Crippen molar-refractivity contribution in [3.05, 3.63) is 0 Å². The fourth-order valence-corrected chi connectivity index (χ4v) is 5.43. The van der Waals surface area contributed by atoms with E-state index in [0.717, 1.165) is 0 Å². The maximum atomic E-state index is 12.2. The minimum absolute atomic E-state index is 0.314. The standard InChI is InChI=1S/C9H18O9S4/c1-5-6(4-21(12,19)17-10)16-9(15-3)8(7(5)14-2)22(13,20)18-11/h5-11H,4H2,1-3H3/t5-,6?,7+,8?,9?,21?,22?/m1/s1. The summed E-state index contributed by atoms with van der Waals surface area (Å²) in [5.41, 5.74) is 0. The van der Waals surface area contributed by atoms with Gasteiger partial charge in [0, 0.05) is 42.5 Å². The molecular weight excluding hydrogens is 380 g/mol. The molecule has 1 aliphatic heterocycles. The number of hydrogen-bond donors (Lipinski definition) is 2. The predicted octanol–water partition coefficient (Wildman–Crippen LogP) is -0.321. The first kappa shape index (κ1) is 20.5. The molecule has 0 aromatic heterocycles. The summed E-state index contributed by atoms with van der Waals surface area (Å²) < 4.78 is 47.5. The highest BCUT2D eigenvalue weighted by Gasteiger charge is 2.50. The van der Waals surface area contributed by atoms with Gasteiger partial charge in [0.15, 0.2) is 23.8 Å². The zero-order chi connectivity index (χ0) is 17.1. The van der Waals surface area contributed by atoms with E-state index < -0.39 is 47.2 Å². The van der Waals surface area contributed by atoms with Crippen molar-refractivity contribution in [3.8, 4) is 0 Å². The first-order valence-electron chi connectivity index (χ1n) is 5.97. The van der Waals surface area contributed by atoms with Crippen molar-refractivity contribution in [2.45, 2.75) is 30.7 Å². The minimum Gasteiger partial charge on any atom is -0.380 e. The molecule has 132 valence electrons. The van der Waals surface area contributed by atoms with E-state index in [4.69, 9.17) is 35.9 Å². The van der Waals surface area contributed by atoms with Gasteiger partial charge in [-0.1, -0.05) is 6.92 Å². The Balaban J connectivity index is 3.15. The van der Waals surface area contributed by atoms with Crippen molar-refractivity contribution >= 4 is 39.9 Å². The highest BCUT2D eigenvalue weighted by molar-refractivity contribution is 8.30. The molecule has 5 unspecified atom stereocenters. The van der Waals surface area contributed by atoms with Crippen LogP contribution in [0, 0.1) is 5.92 Å². The van der Waals surface area contributed by atoms with E-state index in [-0.39, 0.29) is 5.75 Å². The fraction of sp³-hybridized carbons (Fsp3) is 1.00. The van der Waals surface area contributed by atoms with Crippen LogP contribution in [0.4, 0.5) is 0 Å². The number of rotatable bonds is 7. The van der Waals surface area contributed by atoms with Gasteiger partial charge in [0.05, 0.1) is 18.0 Å². The van der Waals surface area contributed by atoms with Crippen molar-refractivity contribution < 1.29 is 41.8 Å². The van der Waals surface area contributed by atoms with Crippen LogP contribution in [0.25, 0.3) is 0 Å². The van der Waals surface area contributed by atoms with Crippen molar-refractivity contribution in [2.24, 2.45) is 5.92 Å². The Morgan fingerprint density at radius 2 is 1.73 bits per heavy atom. The molecule has 0 aromatic rings. The third-order valence-electron chi connectivity index (χ3n) is 3.43. The maximum Gasteiger partial charge on any atom is 0.184 e. The van der Waals surface area contributed by atoms with Gasteiger partial charge in [-0.25, -0.2) is 18.9 Å². The number of methoxy groups -OCH3 is 2. The molecule has 22 heavy (non-hydrogen) atoms. The molecule has 0 radical (unpaired) electrons. The Bertz CT molecular complexity index is 560. The number of ether oxygens (including phenoxy) is 3. The van der Waals surface area contributed by atoms with Crippen molar-refractivity contribution in [1.29, 1.82) is 0 Å². The molecule has 0 aromatic carbocycles. The van der Waals surface area contributed by atoms with Gasteiger partial charge in [0.1, 0.15) is 5.25 Å². The number of hydrogen-bond acceptors (Lipinski definition) is 11. The van der Waals surface area contributed by atoms with E-state index in [0.29, 0.717) is 0 Å². The van der Waals surface area contributed by atoms with Crippen LogP contribution in [-0.4, -0.2) is 62.7 Å². The highest BCUT2D eigenvalue weighted by Crippen LogP contribution is 2.33. The van der Waals surface area contributed by atoms with Crippen molar-refractivity contribution in [1.82, 2.24) is 0 Å². The van der Waals surface area contributed by atoms with Gasteiger partial charge in [-0.15, -0.1) is 8.67 Å². The molecule has 7 atom stereocenters. The van der Waals surface area contributed by atoms with Gasteiger partial charge in [-0.3, -0.25) is 0 Å². The maximum absolute atomic E-state index is 12.2. The van der Waals surface area contributed by atoms with Gasteiger partial charge >= 0.3 is 0 Å². The molecule has 0 spiro atoms. The summed E-state index contributed by atoms with van der Waals surface area (Å²) in [7, 11) is -4.40. The van der Waals surface area contributed by atoms with E-state index in [9.17, 15) is 8.42 Å². The molecule has 2 N–H and O–H groups in total. The largest absolute Gasteiger partial charge is 0.380 e. The minimum atomic E-state index is -3.61. The first-order chi connectivity index (χ1) is 10.1.